The third kappa shape index (κ3) is 1.55. The zero-order chi connectivity index (χ0) is 10.1. The summed E-state index contributed by atoms with van der Waals surface area (Å²) in [6.45, 7) is 3.09. The number of pyridine rings is 1. The van der Waals surface area contributed by atoms with Crippen LogP contribution in [0.4, 0.5) is 4.79 Å². The van der Waals surface area contributed by atoms with E-state index in [4.69, 9.17) is 5.11 Å². The van der Waals surface area contributed by atoms with E-state index >= 15 is 0 Å². The molecule has 1 aliphatic rings. The molecule has 0 radical (unpaired) electrons. The van der Waals surface area contributed by atoms with Crippen molar-refractivity contribution in [3.8, 4) is 0 Å². The Balaban J connectivity index is 2.03. The van der Waals surface area contributed by atoms with Gasteiger partial charge in [-0.1, -0.05) is 6.07 Å². The SMILES string of the molecule is Cc1cccc(C2CN(C(=O)O)C2)n1. The zero-order valence-corrected chi connectivity index (χ0v) is 7.97. The molecule has 0 unspecified atom stereocenters. The summed E-state index contributed by atoms with van der Waals surface area (Å²) in [7, 11) is 0. The monoisotopic (exact) mass is 192 g/mol. The van der Waals surface area contributed by atoms with Crippen molar-refractivity contribution in [1.29, 1.82) is 0 Å². The number of aromatic nitrogens is 1. The Morgan fingerprint density at radius 2 is 2.29 bits per heavy atom. The lowest BCUT2D eigenvalue weighted by molar-refractivity contribution is 0.104. The molecule has 4 heteroatoms. The third-order valence-corrected chi connectivity index (χ3v) is 2.48. The number of likely N-dealkylation sites (tertiary alicyclic amines) is 1. The normalized spacial score (nSPS) is 16.5. The molecule has 1 aromatic heterocycles. The average Bonchev–Trinajstić information content (AvgIpc) is 2.00. The first-order valence-corrected chi connectivity index (χ1v) is 4.58. The minimum atomic E-state index is -0.839. The predicted molar refractivity (Wildman–Crippen MR) is 51.3 cm³/mol. The van der Waals surface area contributed by atoms with Crippen LogP contribution in [0.1, 0.15) is 17.3 Å². The highest BCUT2D eigenvalue weighted by Gasteiger charge is 2.32. The quantitative estimate of drug-likeness (QED) is 0.733. The maximum Gasteiger partial charge on any atom is 0.407 e. The lowest BCUT2D eigenvalue weighted by Crippen LogP contribution is -2.48. The summed E-state index contributed by atoms with van der Waals surface area (Å²) >= 11 is 0. The summed E-state index contributed by atoms with van der Waals surface area (Å²) in [5.74, 6) is 0.283. The molecule has 1 fully saturated rings. The van der Waals surface area contributed by atoms with Crippen molar-refractivity contribution in [2.75, 3.05) is 13.1 Å². The lowest BCUT2D eigenvalue weighted by Gasteiger charge is -2.36. The number of carboxylic acid groups (broad SMARTS) is 1. The molecule has 0 aromatic carbocycles. The fraction of sp³-hybridized carbons (Fsp3) is 0.400. The van der Waals surface area contributed by atoms with E-state index in [0.29, 0.717) is 13.1 Å². The van der Waals surface area contributed by atoms with Gasteiger partial charge in [0.05, 0.1) is 0 Å². The molecule has 0 aliphatic carbocycles. The molecule has 1 amide bonds. The zero-order valence-electron chi connectivity index (χ0n) is 7.97. The van der Waals surface area contributed by atoms with Gasteiger partial charge < -0.3 is 10.0 Å². The second-order valence-electron chi connectivity index (χ2n) is 3.59. The molecule has 14 heavy (non-hydrogen) atoms. The van der Waals surface area contributed by atoms with Crippen molar-refractivity contribution in [2.45, 2.75) is 12.8 Å². The highest BCUT2D eigenvalue weighted by Crippen LogP contribution is 2.25. The summed E-state index contributed by atoms with van der Waals surface area (Å²) in [5, 5.41) is 8.66. The van der Waals surface area contributed by atoms with Crippen LogP contribution in [0.3, 0.4) is 0 Å². The number of hydrogen-bond acceptors (Lipinski definition) is 2. The van der Waals surface area contributed by atoms with Gasteiger partial charge in [0.1, 0.15) is 0 Å². The number of aryl methyl sites for hydroxylation is 1. The van der Waals surface area contributed by atoms with E-state index in [1.165, 1.54) is 4.90 Å². The molecule has 0 saturated carbocycles. The largest absolute Gasteiger partial charge is 0.465 e. The van der Waals surface area contributed by atoms with Gasteiger partial charge in [0.15, 0.2) is 0 Å². The van der Waals surface area contributed by atoms with Gasteiger partial charge in [0.25, 0.3) is 0 Å². The van der Waals surface area contributed by atoms with Crippen LogP contribution in [0.15, 0.2) is 18.2 Å². The molecule has 0 spiro atoms. The van der Waals surface area contributed by atoms with Crippen molar-refractivity contribution in [2.24, 2.45) is 0 Å². The molecule has 1 N–H and O–H groups in total. The topological polar surface area (TPSA) is 53.4 Å². The minimum absolute atomic E-state index is 0.283. The maximum atomic E-state index is 10.5. The van der Waals surface area contributed by atoms with Gasteiger partial charge in [-0.3, -0.25) is 4.98 Å². The van der Waals surface area contributed by atoms with E-state index in [9.17, 15) is 4.79 Å². The fourth-order valence-corrected chi connectivity index (χ4v) is 1.61. The molecule has 74 valence electrons. The summed E-state index contributed by atoms with van der Waals surface area (Å²) in [6.07, 6.45) is -0.839. The second-order valence-corrected chi connectivity index (χ2v) is 3.59. The van der Waals surface area contributed by atoms with E-state index in [-0.39, 0.29) is 5.92 Å². The van der Waals surface area contributed by atoms with E-state index in [1.54, 1.807) is 0 Å². The fourth-order valence-electron chi connectivity index (χ4n) is 1.61. The van der Waals surface area contributed by atoms with Crippen LogP contribution in [0.25, 0.3) is 0 Å². The molecule has 4 nitrogen and oxygen atoms in total. The second kappa shape index (κ2) is 3.29. The molecular weight excluding hydrogens is 180 g/mol. The predicted octanol–water partition coefficient (Wildman–Crippen LogP) is 1.47. The Kier molecular flexibility index (Phi) is 2.11. The smallest absolute Gasteiger partial charge is 0.407 e. The Morgan fingerprint density at radius 1 is 1.57 bits per heavy atom. The van der Waals surface area contributed by atoms with Gasteiger partial charge in [0, 0.05) is 30.4 Å². The van der Waals surface area contributed by atoms with Crippen LogP contribution in [0.2, 0.25) is 0 Å². The Bertz CT molecular complexity index is 359. The third-order valence-electron chi connectivity index (χ3n) is 2.48. The Labute approximate surface area is 82.2 Å². The summed E-state index contributed by atoms with van der Waals surface area (Å²) in [6, 6.07) is 5.86. The van der Waals surface area contributed by atoms with E-state index in [2.05, 4.69) is 4.98 Å². The van der Waals surface area contributed by atoms with Crippen molar-refractivity contribution < 1.29 is 9.90 Å². The van der Waals surface area contributed by atoms with Crippen molar-refractivity contribution >= 4 is 6.09 Å². The average molecular weight is 192 g/mol. The van der Waals surface area contributed by atoms with Crippen LogP contribution in [0, 0.1) is 6.92 Å². The molecule has 0 atom stereocenters. The molecule has 2 heterocycles. The van der Waals surface area contributed by atoms with E-state index in [1.807, 2.05) is 25.1 Å². The molecule has 2 rings (SSSR count). The van der Waals surface area contributed by atoms with Gasteiger partial charge in [-0.05, 0) is 19.1 Å². The van der Waals surface area contributed by atoms with Crippen LogP contribution in [0.5, 0.6) is 0 Å². The first kappa shape index (κ1) is 8.99. The van der Waals surface area contributed by atoms with Crippen LogP contribution in [-0.4, -0.2) is 34.2 Å². The standard InChI is InChI=1S/C10H12N2O2/c1-7-3-2-4-9(11-7)8-5-12(6-8)10(13)14/h2-4,8H,5-6H2,1H3,(H,13,14). The summed E-state index contributed by atoms with van der Waals surface area (Å²) in [4.78, 5) is 16.3. The number of nitrogens with zero attached hydrogens (tertiary/aromatic N) is 2. The first-order valence-electron chi connectivity index (χ1n) is 4.58. The number of hydrogen-bond donors (Lipinski definition) is 1. The van der Waals surface area contributed by atoms with Crippen molar-refractivity contribution in [1.82, 2.24) is 9.88 Å². The van der Waals surface area contributed by atoms with Crippen molar-refractivity contribution in [3.05, 3.63) is 29.6 Å². The first-order chi connectivity index (χ1) is 6.66. The number of carbonyl (C=O) groups is 1. The van der Waals surface area contributed by atoms with Crippen LogP contribution in [-0.2, 0) is 0 Å². The summed E-state index contributed by atoms with van der Waals surface area (Å²) in [5.41, 5.74) is 1.98. The molecular formula is C10H12N2O2. The molecule has 1 saturated heterocycles. The van der Waals surface area contributed by atoms with Gasteiger partial charge >= 0.3 is 6.09 Å². The Hall–Kier alpha value is -1.58. The van der Waals surface area contributed by atoms with Gasteiger partial charge in [-0.2, -0.15) is 0 Å². The highest BCUT2D eigenvalue weighted by atomic mass is 16.4. The summed E-state index contributed by atoms with van der Waals surface area (Å²) < 4.78 is 0. The van der Waals surface area contributed by atoms with Crippen LogP contribution >= 0.6 is 0 Å². The lowest BCUT2D eigenvalue weighted by atomic mass is 9.96. The minimum Gasteiger partial charge on any atom is -0.465 e. The molecule has 0 bridgehead atoms. The molecule has 1 aliphatic heterocycles. The van der Waals surface area contributed by atoms with Crippen LogP contribution < -0.4 is 0 Å². The highest BCUT2D eigenvalue weighted by molar-refractivity contribution is 5.66. The number of amides is 1. The van der Waals surface area contributed by atoms with Crippen molar-refractivity contribution in [3.63, 3.8) is 0 Å². The Morgan fingerprint density at radius 3 is 2.86 bits per heavy atom. The van der Waals surface area contributed by atoms with E-state index < -0.39 is 6.09 Å². The molecule has 1 aromatic rings. The van der Waals surface area contributed by atoms with Gasteiger partial charge in [-0.25, -0.2) is 4.79 Å². The van der Waals surface area contributed by atoms with Gasteiger partial charge in [0.2, 0.25) is 0 Å². The number of rotatable bonds is 1. The van der Waals surface area contributed by atoms with E-state index in [0.717, 1.165) is 11.4 Å². The van der Waals surface area contributed by atoms with Gasteiger partial charge in [-0.15, -0.1) is 0 Å². The maximum absolute atomic E-state index is 10.5.